The number of amides is 1. The molecule has 1 aromatic carbocycles. The van der Waals surface area contributed by atoms with Gasteiger partial charge in [-0.1, -0.05) is 12.5 Å². The Bertz CT molecular complexity index is 640. The average Bonchev–Trinajstić information content (AvgIpc) is 3.05. The number of hydrogen-bond donors (Lipinski definition) is 2. The van der Waals surface area contributed by atoms with E-state index in [-0.39, 0.29) is 30.3 Å². The molecule has 2 atom stereocenters. The molecule has 1 amide bonds. The normalized spacial score (nSPS) is 22.3. The summed E-state index contributed by atoms with van der Waals surface area (Å²) in [7, 11) is 0. The van der Waals surface area contributed by atoms with Crippen molar-refractivity contribution in [3.63, 3.8) is 0 Å². The van der Waals surface area contributed by atoms with Crippen LogP contribution in [0.2, 0.25) is 0 Å². The minimum Gasteiger partial charge on any atom is -0.396 e. The summed E-state index contributed by atoms with van der Waals surface area (Å²) in [5.41, 5.74) is 0. The maximum atomic E-state index is 13.6. The highest BCUT2D eigenvalue weighted by Gasteiger charge is 2.28. The second-order valence-electron chi connectivity index (χ2n) is 5.22. The van der Waals surface area contributed by atoms with E-state index < -0.39 is 0 Å². The number of halogens is 1. The van der Waals surface area contributed by atoms with E-state index in [2.05, 4.69) is 5.32 Å². The zero-order valence-electron chi connectivity index (χ0n) is 10.9. The van der Waals surface area contributed by atoms with Crippen molar-refractivity contribution in [2.75, 3.05) is 6.61 Å². The number of benzene rings is 1. The summed E-state index contributed by atoms with van der Waals surface area (Å²) in [5.74, 6) is -0.326. The van der Waals surface area contributed by atoms with Crippen molar-refractivity contribution in [2.45, 2.75) is 25.3 Å². The molecule has 2 unspecified atom stereocenters. The fourth-order valence-corrected chi connectivity index (χ4v) is 3.80. The molecule has 0 saturated heterocycles. The van der Waals surface area contributed by atoms with E-state index in [9.17, 15) is 14.3 Å². The number of aliphatic hydroxyl groups excluding tert-OH is 1. The molecule has 3 nitrogen and oxygen atoms in total. The Balaban J connectivity index is 1.80. The largest absolute Gasteiger partial charge is 0.396 e. The lowest BCUT2D eigenvalue weighted by molar-refractivity contribution is 0.0920. The van der Waals surface area contributed by atoms with E-state index >= 15 is 0 Å². The summed E-state index contributed by atoms with van der Waals surface area (Å²) < 4.78 is 14.4. The second-order valence-corrected chi connectivity index (χ2v) is 6.30. The summed E-state index contributed by atoms with van der Waals surface area (Å²) in [6.07, 6.45) is 2.87. The third kappa shape index (κ3) is 2.43. The molecular weight excluding hydrogens is 277 g/mol. The van der Waals surface area contributed by atoms with Crippen LogP contribution in [0.1, 0.15) is 28.9 Å². The molecule has 1 heterocycles. The van der Waals surface area contributed by atoms with E-state index in [0.717, 1.165) is 24.0 Å². The van der Waals surface area contributed by atoms with Crippen LogP contribution in [0.15, 0.2) is 24.3 Å². The third-order valence-electron chi connectivity index (χ3n) is 3.94. The highest BCUT2D eigenvalue weighted by Crippen LogP contribution is 2.29. The van der Waals surface area contributed by atoms with Crippen molar-refractivity contribution in [1.29, 1.82) is 0 Å². The van der Waals surface area contributed by atoms with Gasteiger partial charge in [0.15, 0.2) is 0 Å². The monoisotopic (exact) mass is 293 g/mol. The highest BCUT2D eigenvalue weighted by molar-refractivity contribution is 7.20. The molecule has 1 aromatic heterocycles. The fraction of sp³-hybridized carbons (Fsp3) is 0.400. The van der Waals surface area contributed by atoms with Gasteiger partial charge in [0.25, 0.3) is 5.91 Å². The standard InChI is InChI=1S/C15H16FNO2S/c16-11-4-2-6-13-10(11)7-14(20-13)15(19)17-12-5-1-3-9(12)8-18/h2,4,6-7,9,12,18H,1,3,5,8H2,(H,17,19). The molecule has 1 fully saturated rings. The molecule has 0 bridgehead atoms. The van der Waals surface area contributed by atoms with E-state index in [1.54, 1.807) is 12.1 Å². The van der Waals surface area contributed by atoms with Crippen molar-refractivity contribution >= 4 is 27.3 Å². The van der Waals surface area contributed by atoms with Crippen molar-refractivity contribution < 1.29 is 14.3 Å². The lowest BCUT2D eigenvalue weighted by atomic mass is 10.1. The maximum absolute atomic E-state index is 13.6. The van der Waals surface area contributed by atoms with Crippen LogP contribution < -0.4 is 5.32 Å². The zero-order chi connectivity index (χ0) is 14.1. The number of thiophene rings is 1. The van der Waals surface area contributed by atoms with Crippen molar-refractivity contribution in [1.82, 2.24) is 5.32 Å². The fourth-order valence-electron chi connectivity index (χ4n) is 2.82. The Labute approximate surface area is 120 Å². The predicted molar refractivity (Wildman–Crippen MR) is 77.5 cm³/mol. The van der Waals surface area contributed by atoms with Gasteiger partial charge in [-0.2, -0.15) is 0 Å². The minimum absolute atomic E-state index is 0.0301. The predicted octanol–water partition coefficient (Wildman–Crippen LogP) is 2.93. The molecule has 2 aromatic rings. The zero-order valence-corrected chi connectivity index (χ0v) is 11.8. The van der Waals surface area contributed by atoms with Gasteiger partial charge in [0.2, 0.25) is 0 Å². The molecular formula is C15H16FNO2S. The summed E-state index contributed by atoms with van der Waals surface area (Å²) in [6.45, 7) is 0.103. The van der Waals surface area contributed by atoms with Gasteiger partial charge in [-0.25, -0.2) is 4.39 Å². The molecule has 3 rings (SSSR count). The van der Waals surface area contributed by atoms with Crippen molar-refractivity contribution in [3.05, 3.63) is 35.0 Å². The first kappa shape index (κ1) is 13.5. The molecule has 20 heavy (non-hydrogen) atoms. The van der Waals surface area contributed by atoms with Gasteiger partial charge in [-0.05, 0) is 31.0 Å². The average molecular weight is 293 g/mol. The maximum Gasteiger partial charge on any atom is 0.261 e. The number of hydrogen-bond acceptors (Lipinski definition) is 3. The number of carbonyl (C=O) groups excluding carboxylic acids is 1. The summed E-state index contributed by atoms with van der Waals surface area (Å²) in [6, 6.07) is 6.49. The van der Waals surface area contributed by atoms with Gasteiger partial charge in [0.1, 0.15) is 5.82 Å². The Morgan fingerprint density at radius 1 is 1.45 bits per heavy atom. The Morgan fingerprint density at radius 3 is 3.05 bits per heavy atom. The molecule has 5 heteroatoms. The molecule has 0 radical (unpaired) electrons. The Kier molecular flexibility index (Phi) is 3.72. The second kappa shape index (κ2) is 5.50. The van der Waals surface area contributed by atoms with Crippen LogP contribution in [0.25, 0.3) is 10.1 Å². The molecule has 106 valence electrons. The van der Waals surface area contributed by atoms with Gasteiger partial charge in [-0.3, -0.25) is 4.79 Å². The number of aliphatic hydroxyl groups is 1. The molecule has 0 aliphatic heterocycles. The number of carbonyl (C=O) groups is 1. The molecule has 1 aliphatic carbocycles. The first-order chi connectivity index (χ1) is 9.69. The lowest BCUT2D eigenvalue weighted by Gasteiger charge is -2.18. The van der Waals surface area contributed by atoms with E-state index in [4.69, 9.17) is 0 Å². The van der Waals surface area contributed by atoms with Gasteiger partial charge in [0.05, 0.1) is 4.88 Å². The first-order valence-corrected chi connectivity index (χ1v) is 7.60. The lowest BCUT2D eigenvalue weighted by Crippen LogP contribution is -2.38. The van der Waals surface area contributed by atoms with Gasteiger partial charge in [-0.15, -0.1) is 11.3 Å². The van der Waals surface area contributed by atoms with Crippen LogP contribution in [0, 0.1) is 11.7 Å². The van der Waals surface area contributed by atoms with Crippen LogP contribution in [-0.4, -0.2) is 23.7 Å². The van der Waals surface area contributed by atoms with Gasteiger partial charge >= 0.3 is 0 Å². The first-order valence-electron chi connectivity index (χ1n) is 6.79. The topological polar surface area (TPSA) is 49.3 Å². The van der Waals surface area contributed by atoms with Crippen LogP contribution in [-0.2, 0) is 0 Å². The van der Waals surface area contributed by atoms with Crippen LogP contribution in [0.5, 0.6) is 0 Å². The SMILES string of the molecule is O=C(NC1CCCC1CO)c1cc2c(F)cccc2s1. The Hall–Kier alpha value is -1.46. The molecule has 2 N–H and O–H groups in total. The number of nitrogens with one attached hydrogen (secondary N) is 1. The van der Waals surface area contributed by atoms with Gasteiger partial charge < -0.3 is 10.4 Å². The molecule has 1 aliphatic rings. The highest BCUT2D eigenvalue weighted by atomic mass is 32.1. The number of rotatable bonds is 3. The van der Waals surface area contributed by atoms with Crippen LogP contribution >= 0.6 is 11.3 Å². The third-order valence-corrected chi connectivity index (χ3v) is 5.04. The molecule has 1 saturated carbocycles. The van der Waals surface area contributed by atoms with Crippen LogP contribution in [0.3, 0.4) is 0 Å². The van der Waals surface area contributed by atoms with Crippen molar-refractivity contribution in [2.24, 2.45) is 5.92 Å². The van der Waals surface area contributed by atoms with Crippen molar-refractivity contribution in [3.8, 4) is 0 Å². The number of fused-ring (bicyclic) bond motifs is 1. The summed E-state index contributed by atoms with van der Waals surface area (Å²) in [4.78, 5) is 12.8. The van der Waals surface area contributed by atoms with Crippen LogP contribution in [0.4, 0.5) is 4.39 Å². The minimum atomic E-state index is -0.299. The quantitative estimate of drug-likeness (QED) is 0.914. The Morgan fingerprint density at radius 2 is 2.30 bits per heavy atom. The summed E-state index contributed by atoms with van der Waals surface area (Å²) in [5, 5.41) is 12.7. The van der Waals surface area contributed by atoms with E-state index in [0.29, 0.717) is 10.3 Å². The van der Waals surface area contributed by atoms with E-state index in [1.807, 2.05) is 6.07 Å². The molecule has 0 spiro atoms. The van der Waals surface area contributed by atoms with E-state index in [1.165, 1.54) is 17.4 Å². The van der Waals surface area contributed by atoms with Gasteiger partial charge in [0, 0.05) is 28.7 Å². The smallest absolute Gasteiger partial charge is 0.261 e. The summed E-state index contributed by atoms with van der Waals surface area (Å²) >= 11 is 1.30.